The first-order valence-corrected chi connectivity index (χ1v) is 6.61. The van der Waals surface area contributed by atoms with E-state index in [1.165, 1.54) is 29.5 Å². The van der Waals surface area contributed by atoms with Gasteiger partial charge in [0, 0.05) is 18.0 Å². The molecule has 0 aliphatic carbocycles. The van der Waals surface area contributed by atoms with Gasteiger partial charge >= 0.3 is 0 Å². The number of aryl methyl sites for hydroxylation is 1. The molecular weight excluding hydrogens is 226 g/mol. The van der Waals surface area contributed by atoms with Crippen molar-refractivity contribution >= 4 is 0 Å². The maximum Gasteiger partial charge on any atom is 0.164 e. The Bertz CT molecular complexity index is 423. The van der Waals surface area contributed by atoms with Crippen LogP contribution in [0.25, 0.3) is 0 Å². The van der Waals surface area contributed by atoms with E-state index >= 15 is 0 Å². The average molecular weight is 249 g/mol. The molecule has 1 heterocycles. The molecule has 0 amide bonds. The van der Waals surface area contributed by atoms with Crippen molar-refractivity contribution in [2.75, 3.05) is 27.3 Å². The zero-order chi connectivity index (χ0) is 13.1. The Morgan fingerprint density at radius 1 is 1.17 bits per heavy atom. The van der Waals surface area contributed by atoms with Crippen LogP contribution in [0.1, 0.15) is 35.4 Å². The number of hydrogen-bond donors (Lipinski definition) is 1. The second-order valence-corrected chi connectivity index (χ2v) is 5.02. The number of nitrogens with one attached hydrogen (secondary N) is 1. The van der Waals surface area contributed by atoms with Crippen LogP contribution < -0.4 is 14.8 Å². The number of rotatable bonds is 3. The number of hydrogen-bond acceptors (Lipinski definition) is 3. The first-order valence-electron chi connectivity index (χ1n) is 6.61. The summed E-state index contributed by atoms with van der Waals surface area (Å²) in [6.07, 6.45) is 2.44. The minimum Gasteiger partial charge on any atom is -0.493 e. The highest BCUT2D eigenvalue weighted by atomic mass is 16.5. The predicted octanol–water partition coefficient (Wildman–Crippen LogP) is 2.79. The molecule has 0 bridgehead atoms. The molecule has 3 heteroatoms. The van der Waals surface area contributed by atoms with Crippen LogP contribution in [0.3, 0.4) is 0 Å². The summed E-state index contributed by atoms with van der Waals surface area (Å²) in [4.78, 5) is 0. The normalized spacial score (nSPS) is 19.7. The predicted molar refractivity (Wildman–Crippen MR) is 73.9 cm³/mol. The molecule has 1 atom stereocenters. The zero-order valence-electron chi connectivity index (χ0n) is 11.8. The largest absolute Gasteiger partial charge is 0.493 e. The van der Waals surface area contributed by atoms with Gasteiger partial charge in [0.15, 0.2) is 11.5 Å². The van der Waals surface area contributed by atoms with E-state index in [1.807, 2.05) is 0 Å². The van der Waals surface area contributed by atoms with Crippen molar-refractivity contribution in [3.05, 3.63) is 22.8 Å². The van der Waals surface area contributed by atoms with Crippen LogP contribution in [0.4, 0.5) is 0 Å². The third-order valence-electron chi connectivity index (χ3n) is 3.92. The lowest BCUT2D eigenvalue weighted by atomic mass is 9.88. The summed E-state index contributed by atoms with van der Waals surface area (Å²) in [7, 11) is 3.44. The molecule has 1 N–H and O–H groups in total. The Kier molecular flexibility index (Phi) is 4.12. The highest BCUT2D eigenvalue weighted by molar-refractivity contribution is 5.56. The van der Waals surface area contributed by atoms with Crippen molar-refractivity contribution in [1.82, 2.24) is 5.32 Å². The SMILES string of the molecule is COc1c(C2CCCNC2)cc(C)c(C)c1OC. The summed E-state index contributed by atoms with van der Waals surface area (Å²) >= 11 is 0. The van der Waals surface area contributed by atoms with E-state index in [9.17, 15) is 0 Å². The molecule has 1 saturated heterocycles. The summed E-state index contributed by atoms with van der Waals surface area (Å²) < 4.78 is 11.1. The smallest absolute Gasteiger partial charge is 0.164 e. The maximum atomic E-state index is 5.60. The highest BCUT2D eigenvalue weighted by Crippen LogP contribution is 2.41. The van der Waals surface area contributed by atoms with E-state index in [1.54, 1.807) is 14.2 Å². The molecule has 1 aromatic carbocycles. The Balaban J connectivity index is 2.47. The number of benzene rings is 1. The van der Waals surface area contributed by atoms with E-state index in [2.05, 4.69) is 25.2 Å². The van der Waals surface area contributed by atoms with Crippen molar-refractivity contribution in [2.45, 2.75) is 32.6 Å². The second kappa shape index (κ2) is 5.61. The zero-order valence-corrected chi connectivity index (χ0v) is 11.8. The molecule has 1 aliphatic rings. The van der Waals surface area contributed by atoms with Gasteiger partial charge in [-0.05, 0) is 44.4 Å². The summed E-state index contributed by atoms with van der Waals surface area (Å²) in [6, 6.07) is 2.26. The van der Waals surface area contributed by atoms with Crippen molar-refractivity contribution in [3.8, 4) is 11.5 Å². The van der Waals surface area contributed by atoms with Gasteiger partial charge in [-0.25, -0.2) is 0 Å². The molecule has 2 rings (SSSR count). The molecule has 1 aromatic rings. The van der Waals surface area contributed by atoms with Crippen molar-refractivity contribution in [2.24, 2.45) is 0 Å². The van der Waals surface area contributed by atoms with Crippen LogP contribution in [0.5, 0.6) is 11.5 Å². The Morgan fingerprint density at radius 3 is 2.44 bits per heavy atom. The molecule has 0 saturated carbocycles. The van der Waals surface area contributed by atoms with Gasteiger partial charge in [-0.2, -0.15) is 0 Å². The quantitative estimate of drug-likeness (QED) is 0.893. The fourth-order valence-electron chi connectivity index (χ4n) is 2.76. The minimum absolute atomic E-state index is 0.530. The highest BCUT2D eigenvalue weighted by Gasteiger charge is 2.23. The van der Waals surface area contributed by atoms with Gasteiger partial charge in [0.2, 0.25) is 0 Å². The first kappa shape index (κ1) is 13.2. The summed E-state index contributed by atoms with van der Waals surface area (Å²) in [6.45, 7) is 6.37. The third kappa shape index (κ3) is 2.32. The molecule has 0 aromatic heterocycles. The molecule has 0 spiro atoms. The monoisotopic (exact) mass is 249 g/mol. The van der Waals surface area contributed by atoms with Gasteiger partial charge in [-0.3, -0.25) is 0 Å². The molecule has 1 unspecified atom stereocenters. The van der Waals surface area contributed by atoms with Crippen molar-refractivity contribution in [3.63, 3.8) is 0 Å². The van der Waals surface area contributed by atoms with Crippen LogP contribution in [-0.2, 0) is 0 Å². The van der Waals surface area contributed by atoms with Crippen LogP contribution in [0.2, 0.25) is 0 Å². The average Bonchev–Trinajstić information content (AvgIpc) is 2.42. The number of piperidine rings is 1. The lowest BCUT2D eigenvalue weighted by molar-refractivity contribution is 0.342. The fourth-order valence-corrected chi connectivity index (χ4v) is 2.76. The van der Waals surface area contributed by atoms with E-state index in [4.69, 9.17) is 9.47 Å². The molecule has 1 aliphatic heterocycles. The van der Waals surface area contributed by atoms with E-state index < -0.39 is 0 Å². The first-order chi connectivity index (χ1) is 8.69. The van der Waals surface area contributed by atoms with Gasteiger partial charge in [-0.1, -0.05) is 6.07 Å². The molecule has 3 nitrogen and oxygen atoms in total. The molecule has 18 heavy (non-hydrogen) atoms. The summed E-state index contributed by atoms with van der Waals surface area (Å²) in [5.41, 5.74) is 3.72. The van der Waals surface area contributed by atoms with Gasteiger partial charge in [-0.15, -0.1) is 0 Å². The van der Waals surface area contributed by atoms with Crippen molar-refractivity contribution < 1.29 is 9.47 Å². The maximum absolute atomic E-state index is 5.60. The van der Waals surface area contributed by atoms with Crippen LogP contribution in [0, 0.1) is 13.8 Å². The lowest BCUT2D eigenvalue weighted by Gasteiger charge is -2.26. The van der Waals surface area contributed by atoms with Crippen LogP contribution in [-0.4, -0.2) is 27.3 Å². The Hall–Kier alpha value is -1.22. The molecular formula is C15H23NO2. The standard InChI is InChI=1S/C15H23NO2/c1-10-8-13(12-6-5-7-16-9-12)15(18-4)14(17-3)11(10)2/h8,12,16H,5-7,9H2,1-4H3. The fraction of sp³-hybridized carbons (Fsp3) is 0.600. The molecule has 100 valence electrons. The molecule has 1 fully saturated rings. The van der Waals surface area contributed by atoms with E-state index in [-0.39, 0.29) is 0 Å². The molecule has 0 radical (unpaired) electrons. The van der Waals surface area contributed by atoms with E-state index in [0.717, 1.165) is 24.6 Å². The number of methoxy groups -OCH3 is 2. The minimum atomic E-state index is 0.530. The number of ether oxygens (including phenoxy) is 2. The van der Waals surface area contributed by atoms with E-state index in [0.29, 0.717) is 5.92 Å². The van der Waals surface area contributed by atoms with Crippen LogP contribution >= 0.6 is 0 Å². The van der Waals surface area contributed by atoms with Crippen molar-refractivity contribution in [1.29, 1.82) is 0 Å². The van der Waals surface area contributed by atoms with Crippen LogP contribution in [0.15, 0.2) is 6.07 Å². The Labute approximate surface area is 109 Å². The van der Waals surface area contributed by atoms with Gasteiger partial charge in [0.25, 0.3) is 0 Å². The van der Waals surface area contributed by atoms with Gasteiger partial charge < -0.3 is 14.8 Å². The Morgan fingerprint density at radius 2 is 1.89 bits per heavy atom. The summed E-state index contributed by atoms with van der Waals surface area (Å²) in [5, 5.41) is 3.46. The topological polar surface area (TPSA) is 30.5 Å². The lowest BCUT2D eigenvalue weighted by Crippen LogP contribution is -2.28. The third-order valence-corrected chi connectivity index (χ3v) is 3.92. The van der Waals surface area contributed by atoms with Gasteiger partial charge in [0.1, 0.15) is 0 Å². The summed E-state index contributed by atoms with van der Waals surface area (Å²) in [5.74, 6) is 2.33. The second-order valence-electron chi connectivity index (χ2n) is 5.02. The van der Waals surface area contributed by atoms with Gasteiger partial charge in [0.05, 0.1) is 14.2 Å².